The molecule has 0 saturated heterocycles. The molecule has 4 N–H and O–H groups in total. The second-order valence-corrected chi connectivity index (χ2v) is 11.2. The van der Waals surface area contributed by atoms with Crippen LogP contribution in [0.15, 0.2) is 114 Å². The molecule has 3 heteroatoms. The third-order valence-corrected chi connectivity index (χ3v) is 5.92. The molecule has 2 unspecified atom stereocenters. The van der Waals surface area contributed by atoms with Crippen LogP contribution in [-0.2, 0) is 5.66 Å². The molecule has 2 aromatic carbocycles. The second kappa shape index (κ2) is 14.0. The summed E-state index contributed by atoms with van der Waals surface area (Å²) in [7, 11) is 1.88. The lowest BCUT2D eigenvalue weighted by atomic mass is 9.86. The largest absolute Gasteiger partial charge is 0.356 e. The fraction of sp³-hybridized carbons (Fsp3) is 0.353. The first kappa shape index (κ1) is 30.1. The molecule has 2 aliphatic rings. The Kier molecular flexibility index (Phi) is 11.4. The summed E-state index contributed by atoms with van der Waals surface area (Å²) in [6.07, 6.45) is 20.5. The van der Waals surface area contributed by atoms with Crippen molar-refractivity contribution in [1.82, 2.24) is 10.6 Å². The van der Waals surface area contributed by atoms with E-state index in [0.717, 1.165) is 17.7 Å². The average molecular weight is 498 g/mol. The third-order valence-electron chi connectivity index (χ3n) is 5.92. The molecule has 0 spiro atoms. The van der Waals surface area contributed by atoms with E-state index in [1.54, 1.807) is 0 Å². The summed E-state index contributed by atoms with van der Waals surface area (Å²) in [6, 6.07) is 14.5. The van der Waals surface area contributed by atoms with Crippen LogP contribution in [0, 0.1) is 11.3 Å². The van der Waals surface area contributed by atoms with Crippen molar-refractivity contribution in [2.75, 3.05) is 7.05 Å². The molecule has 0 saturated carbocycles. The fourth-order valence-electron chi connectivity index (χ4n) is 3.98. The number of benzene rings is 2. The Hall–Kier alpha value is -3.14. The van der Waals surface area contributed by atoms with Crippen LogP contribution in [0.4, 0.5) is 0 Å². The van der Waals surface area contributed by atoms with E-state index in [0.29, 0.717) is 11.3 Å². The molecule has 2 atom stereocenters. The Morgan fingerprint density at radius 2 is 1.62 bits per heavy atom. The van der Waals surface area contributed by atoms with Gasteiger partial charge in [-0.05, 0) is 73.7 Å². The fourth-order valence-corrected chi connectivity index (χ4v) is 3.98. The maximum Gasteiger partial charge on any atom is 0.0899 e. The highest BCUT2D eigenvalue weighted by atomic mass is 15.1. The van der Waals surface area contributed by atoms with Crippen LogP contribution in [0.1, 0.15) is 60.5 Å². The lowest BCUT2D eigenvalue weighted by Crippen LogP contribution is -2.45. The normalized spacial score (nSPS) is 18.5. The van der Waals surface area contributed by atoms with E-state index in [-0.39, 0.29) is 0 Å². The molecule has 0 aliphatic heterocycles. The molecule has 0 amide bonds. The standard InChI is InChI=1S/C16H19N.C13H16N2.C5H12/c1-3-8-14(4-2)17-16-12-7-10-13-9-5-6-11-15(13)16;1-13(14,15-2)12-9-5-7-10-6-3-4-8-11(10)12;1-5(2,3)4/h3-9,11-13,17H,10H2,1-2H3;3-9,15H,14H2,1-2H3;1-4H3/b8-3-,14-4+;;. The van der Waals surface area contributed by atoms with Gasteiger partial charge in [-0.3, -0.25) is 5.32 Å². The van der Waals surface area contributed by atoms with Gasteiger partial charge in [0, 0.05) is 17.3 Å². The summed E-state index contributed by atoms with van der Waals surface area (Å²) in [5.74, 6) is 0.538. The zero-order valence-electron chi connectivity index (χ0n) is 24.1. The van der Waals surface area contributed by atoms with Gasteiger partial charge in [0.05, 0.1) is 5.66 Å². The molecule has 2 aromatic rings. The molecule has 198 valence electrons. The molecule has 0 bridgehead atoms. The van der Waals surface area contributed by atoms with Crippen molar-refractivity contribution in [1.29, 1.82) is 0 Å². The number of nitrogens with two attached hydrogens (primary N) is 1. The minimum Gasteiger partial charge on any atom is -0.356 e. The second-order valence-electron chi connectivity index (χ2n) is 11.2. The zero-order valence-corrected chi connectivity index (χ0v) is 24.1. The molecule has 3 nitrogen and oxygen atoms in total. The van der Waals surface area contributed by atoms with Gasteiger partial charge < -0.3 is 11.1 Å². The predicted molar refractivity (Wildman–Crippen MR) is 164 cm³/mol. The molecule has 0 heterocycles. The molecule has 4 rings (SSSR count). The van der Waals surface area contributed by atoms with E-state index in [4.69, 9.17) is 5.73 Å². The van der Waals surface area contributed by atoms with Crippen molar-refractivity contribution in [3.05, 3.63) is 120 Å². The highest BCUT2D eigenvalue weighted by molar-refractivity contribution is 5.86. The Labute approximate surface area is 225 Å². The van der Waals surface area contributed by atoms with Crippen LogP contribution < -0.4 is 16.4 Å². The van der Waals surface area contributed by atoms with Crippen LogP contribution in [0.25, 0.3) is 10.8 Å². The number of fused-ring (bicyclic) bond motifs is 2. The first-order valence-corrected chi connectivity index (χ1v) is 13.3. The van der Waals surface area contributed by atoms with Gasteiger partial charge in [-0.25, -0.2) is 0 Å². The van der Waals surface area contributed by atoms with Crippen molar-refractivity contribution in [2.45, 2.75) is 60.5 Å². The maximum atomic E-state index is 6.19. The van der Waals surface area contributed by atoms with Gasteiger partial charge in [-0.1, -0.05) is 113 Å². The van der Waals surface area contributed by atoms with Crippen molar-refractivity contribution in [3.8, 4) is 0 Å². The number of hydrogen-bond donors (Lipinski definition) is 3. The summed E-state index contributed by atoms with van der Waals surface area (Å²) in [5.41, 5.74) is 11.1. The van der Waals surface area contributed by atoms with Gasteiger partial charge >= 0.3 is 0 Å². The van der Waals surface area contributed by atoms with Gasteiger partial charge in [0.15, 0.2) is 0 Å². The number of hydrogen-bond acceptors (Lipinski definition) is 3. The average Bonchev–Trinajstić information content (AvgIpc) is 2.87. The summed E-state index contributed by atoms with van der Waals surface area (Å²) >= 11 is 0. The number of nitrogens with one attached hydrogen (secondary N) is 2. The van der Waals surface area contributed by atoms with E-state index in [9.17, 15) is 0 Å². The first-order valence-electron chi connectivity index (χ1n) is 13.3. The summed E-state index contributed by atoms with van der Waals surface area (Å²) in [5, 5.41) is 9.05. The molecule has 37 heavy (non-hydrogen) atoms. The SMILES string of the molecule is C/C=C\C(=C/C)NC1=C2C=CC=CC2CC=C1.CC(C)(C)C.CNC(C)(N)c1cccc2ccccc12. The van der Waals surface area contributed by atoms with Crippen LogP contribution in [-0.4, -0.2) is 7.05 Å². The lowest BCUT2D eigenvalue weighted by Gasteiger charge is -2.26. The molecular formula is C34H47N3. The first-order chi connectivity index (χ1) is 17.5. The molecule has 0 fully saturated rings. The molecule has 0 radical (unpaired) electrons. The predicted octanol–water partition coefficient (Wildman–Crippen LogP) is 8.26. The van der Waals surface area contributed by atoms with E-state index in [2.05, 4.69) is 111 Å². The van der Waals surface area contributed by atoms with E-state index < -0.39 is 5.66 Å². The van der Waals surface area contributed by atoms with Crippen LogP contribution >= 0.6 is 0 Å². The molecular weight excluding hydrogens is 450 g/mol. The Morgan fingerprint density at radius 1 is 0.946 bits per heavy atom. The number of rotatable bonds is 5. The minimum atomic E-state index is -0.485. The monoisotopic (exact) mass is 497 g/mol. The highest BCUT2D eigenvalue weighted by Gasteiger charge is 2.20. The lowest BCUT2D eigenvalue weighted by molar-refractivity contribution is 0.421. The van der Waals surface area contributed by atoms with Crippen molar-refractivity contribution >= 4 is 10.8 Å². The van der Waals surface area contributed by atoms with Crippen LogP contribution in [0.2, 0.25) is 0 Å². The Morgan fingerprint density at radius 3 is 2.27 bits per heavy atom. The molecule has 0 aromatic heterocycles. The van der Waals surface area contributed by atoms with Gasteiger partial charge in [-0.2, -0.15) is 0 Å². The topological polar surface area (TPSA) is 50.1 Å². The van der Waals surface area contributed by atoms with Crippen molar-refractivity contribution in [2.24, 2.45) is 17.1 Å². The summed E-state index contributed by atoms with van der Waals surface area (Å²) in [6.45, 7) is 14.8. The van der Waals surface area contributed by atoms with Gasteiger partial charge in [-0.15, -0.1) is 0 Å². The number of allylic oxidation sites excluding steroid dienone is 10. The molecule has 2 aliphatic carbocycles. The Balaban J connectivity index is 0.000000222. The third kappa shape index (κ3) is 9.68. The van der Waals surface area contributed by atoms with Crippen molar-refractivity contribution in [3.63, 3.8) is 0 Å². The van der Waals surface area contributed by atoms with E-state index in [1.165, 1.54) is 22.0 Å². The van der Waals surface area contributed by atoms with Gasteiger partial charge in [0.1, 0.15) is 0 Å². The van der Waals surface area contributed by atoms with Crippen LogP contribution in [0.3, 0.4) is 0 Å². The van der Waals surface area contributed by atoms with Gasteiger partial charge in [0.2, 0.25) is 0 Å². The smallest absolute Gasteiger partial charge is 0.0899 e. The van der Waals surface area contributed by atoms with Gasteiger partial charge in [0.25, 0.3) is 0 Å². The maximum absolute atomic E-state index is 6.19. The summed E-state index contributed by atoms with van der Waals surface area (Å²) in [4.78, 5) is 0. The van der Waals surface area contributed by atoms with Crippen molar-refractivity contribution < 1.29 is 0 Å². The summed E-state index contributed by atoms with van der Waals surface area (Å²) < 4.78 is 0. The van der Waals surface area contributed by atoms with E-state index >= 15 is 0 Å². The quantitative estimate of drug-likeness (QED) is 0.288. The minimum absolute atomic E-state index is 0.485. The highest BCUT2D eigenvalue weighted by Crippen LogP contribution is 2.29. The Bertz CT molecular complexity index is 1190. The van der Waals surface area contributed by atoms with Crippen LogP contribution in [0.5, 0.6) is 0 Å². The van der Waals surface area contributed by atoms with E-state index in [1.807, 2.05) is 52.1 Å². The zero-order chi connectivity index (χ0) is 27.5.